The molecule has 7 heteroatoms. The molecule has 0 saturated carbocycles. The number of urea groups is 1. The highest BCUT2D eigenvalue weighted by Crippen LogP contribution is 2.18. The molecule has 1 aliphatic heterocycles. The molecule has 6 nitrogen and oxygen atoms in total. The highest BCUT2D eigenvalue weighted by atomic mass is 19.1. The Morgan fingerprint density at radius 2 is 2.00 bits per heavy atom. The smallest absolute Gasteiger partial charge is 0.320 e. The monoisotopic (exact) mass is 329 g/mol. The Labute approximate surface area is 140 Å². The minimum Gasteiger partial charge on any atom is -0.357 e. The molecule has 0 atom stereocenters. The molecule has 2 amide bonds. The molecule has 0 aromatic carbocycles. The average molecular weight is 329 g/mol. The first-order chi connectivity index (χ1) is 11.7. The Morgan fingerprint density at radius 1 is 1.17 bits per heavy atom. The van der Waals surface area contributed by atoms with Crippen LogP contribution in [-0.4, -0.2) is 29.1 Å². The van der Waals surface area contributed by atoms with Crippen molar-refractivity contribution in [1.29, 1.82) is 0 Å². The van der Waals surface area contributed by atoms with Crippen LogP contribution in [0.25, 0.3) is 0 Å². The van der Waals surface area contributed by atoms with Gasteiger partial charge in [-0.15, -0.1) is 0 Å². The summed E-state index contributed by atoms with van der Waals surface area (Å²) in [5.74, 6) is 0.815. The van der Waals surface area contributed by atoms with Gasteiger partial charge in [0.2, 0.25) is 0 Å². The van der Waals surface area contributed by atoms with Crippen molar-refractivity contribution in [2.45, 2.75) is 25.8 Å². The lowest BCUT2D eigenvalue weighted by Gasteiger charge is -2.27. The largest absolute Gasteiger partial charge is 0.357 e. The van der Waals surface area contributed by atoms with Crippen molar-refractivity contribution in [2.75, 3.05) is 23.3 Å². The Bertz CT molecular complexity index is 686. The summed E-state index contributed by atoms with van der Waals surface area (Å²) in [6, 6.07) is 6.16. The number of pyridine rings is 2. The molecule has 0 bridgehead atoms. The fourth-order valence-corrected chi connectivity index (χ4v) is 2.66. The number of rotatable bonds is 4. The van der Waals surface area contributed by atoms with Gasteiger partial charge in [-0.1, -0.05) is 0 Å². The van der Waals surface area contributed by atoms with Gasteiger partial charge in [0.05, 0.1) is 6.20 Å². The van der Waals surface area contributed by atoms with Crippen molar-refractivity contribution in [3.05, 3.63) is 48.0 Å². The highest BCUT2D eigenvalue weighted by Gasteiger charge is 2.12. The van der Waals surface area contributed by atoms with Gasteiger partial charge in [-0.05, 0) is 49.1 Å². The second kappa shape index (κ2) is 7.72. The Hall–Kier alpha value is -2.70. The van der Waals surface area contributed by atoms with Gasteiger partial charge < -0.3 is 10.2 Å². The van der Waals surface area contributed by atoms with Crippen LogP contribution in [0.5, 0.6) is 0 Å². The molecule has 1 aliphatic rings. The number of carbonyl (C=O) groups is 1. The normalized spacial score (nSPS) is 14.3. The van der Waals surface area contributed by atoms with E-state index in [0.29, 0.717) is 12.4 Å². The summed E-state index contributed by atoms with van der Waals surface area (Å²) in [4.78, 5) is 22.4. The molecule has 2 aromatic rings. The number of amides is 2. The van der Waals surface area contributed by atoms with Crippen LogP contribution >= 0.6 is 0 Å². The van der Waals surface area contributed by atoms with Gasteiger partial charge in [-0.25, -0.2) is 19.2 Å². The molecule has 2 aromatic heterocycles. The number of nitrogens with one attached hydrogen (secondary N) is 2. The minimum atomic E-state index is -0.442. The molecule has 0 unspecified atom stereocenters. The lowest BCUT2D eigenvalue weighted by molar-refractivity contribution is 0.251. The predicted molar refractivity (Wildman–Crippen MR) is 90.4 cm³/mol. The molecule has 1 fully saturated rings. The Kier molecular flexibility index (Phi) is 5.20. The van der Waals surface area contributed by atoms with E-state index in [4.69, 9.17) is 0 Å². The van der Waals surface area contributed by atoms with Crippen LogP contribution in [0.2, 0.25) is 0 Å². The fraction of sp³-hybridized carbons (Fsp3) is 0.353. The SMILES string of the molecule is O=C(NCc1ccnc(N2CCCCC2)c1)Nc1ccc(F)cn1. The molecule has 0 radical (unpaired) electrons. The molecule has 0 aliphatic carbocycles. The van der Waals surface area contributed by atoms with Crippen LogP contribution < -0.4 is 15.5 Å². The summed E-state index contributed by atoms with van der Waals surface area (Å²) in [5, 5.41) is 5.33. The second-order valence-electron chi connectivity index (χ2n) is 5.74. The molecular weight excluding hydrogens is 309 g/mol. The predicted octanol–water partition coefficient (Wildman–Crippen LogP) is 2.93. The first-order valence-corrected chi connectivity index (χ1v) is 8.07. The highest BCUT2D eigenvalue weighted by molar-refractivity contribution is 5.88. The average Bonchev–Trinajstić information content (AvgIpc) is 2.63. The van der Waals surface area contributed by atoms with Crippen molar-refractivity contribution >= 4 is 17.7 Å². The van der Waals surface area contributed by atoms with E-state index in [1.165, 1.54) is 31.4 Å². The van der Waals surface area contributed by atoms with Crippen molar-refractivity contribution in [2.24, 2.45) is 0 Å². The van der Waals surface area contributed by atoms with Gasteiger partial charge in [-0.2, -0.15) is 0 Å². The number of halogens is 1. The first kappa shape index (κ1) is 16.2. The maximum Gasteiger partial charge on any atom is 0.320 e. The summed E-state index contributed by atoms with van der Waals surface area (Å²) in [6.45, 7) is 2.44. The van der Waals surface area contributed by atoms with Gasteiger partial charge in [0.25, 0.3) is 0 Å². The van der Waals surface area contributed by atoms with Crippen molar-refractivity contribution in [3.8, 4) is 0 Å². The van der Waals surface area contributed by atoms with Crippen LogP contribution in [-0.2, 0) is 6.54 Å². The van der Waals surface area contributed by atoms with Crippen LogP contribution in [0.1, 0.15) is 24.8 Å². The summed E-state index contributed by atoms with van der Waals surface area (Å²) >= 11 is 0. The van der Waals surface area contributed by atoms with E-state index in [9.17, 15) is 9.18 Å². The van der Waals surface area contributed by atoms with Gasteiger partial charge in [0.1, 0.15) is 17.5 Å². The molecule has 0 spiro atoms. The molecule has 1 saturated heterocycles. The number of piperidine rings is 1. The molecule has 2 N–H and O–H groups in total. The third kappa shape index (κ3) is 4.41. The van der Waals surface area contributed by atoms with Crippen molar-refractivity contribution < 1.29 is 9.18 Å². The lowest BCUT2D eigenvalue weighted by Crippen LogP contribution is -2.31. The number of hydrogen-bond donors (Lipinski definition) is 2. The van der Waals surface area contributed by atoms with E-state index >= 15 is 0 Å². The maximum absolute atomic E-state index is 12.8. The zero-order valence-electron chi connectivity index (χ0n) is 13.3. The summed E-state index contributed by atoms with van der Waals surface area (Å²) in [7, 11) is 0. The van der Waals surface area contributed by atoms with E-state index in [-0.39, 0.29) is 6.03 Å². The van der Waals surface area contributed by atoms with Crippen LogP contribution in [0.4, 0.5) is 20.8 Å². The van der Waals surface area contributed by atoms with Gasteiger partial charge in [0, 0.05) is 25.8 Å². The Morgan fingerprint density at radius 3 is 2.75 bits per heavy atom. The molecule has 3 rings (SSSR count). The number of aromatic nitrogens is 2. The summed E-state index contributed by atoms with van der Waals surface area (Å²) in [5.41, 5.74) is 0.979. The third-order valence-corrected chi connectivity index (χ3v) is 3.91. The van der Waals surface area contributed by atoms with E-state index in [0.717, 1.165) is 30.7 Å². The number of hydrogen-bond acceptors (Lipinski definition) is 4. The van der Waals surface area contributed by atoms with E-state index in [1.54, 1.807) is 6.20 Å². The molecule has 24 heavy (non-hydrogen) atoms. The second-order valence-corrected chi connectivity index (χ2v) is 5.74. The van der Waals surface area contributed by atoms with Gasteiger partial charge in [0.15, 0.2) is 0 Å². The number of nitrogens with zero attached hydrogens (tertiary/aromatic N) is 3. The van der Waals surface area contributed by atoms with Crippen LogP contribution in [0.15, 0.2) is 36.7 Å². The standard InChI is InChI=1S/C17H20FN5O/c18-14-4-5-15(20-12-14)22-17(24)21-11-13-6-7-19-16(10-13)23-8-2-1-3-9-23/h4-7,10,12H,1-3,8-9,11H2,(H2,20,21,22,24). The zero-order valence-corrected chi connectivity index (χ0v) is 13.3. The first-order valence-electron chi connectivity index (χ1n) is 8.07. The lowest BCUT2D eigenvalue weighted by atomic mass is 10.1. The fourth-order valence-electron chi connectivity index (χ4n) is 2.66. The molecular formula is C17H20FN5O. The topological polar surface area (TPSA) is 70.2 Å². The molecule has 126 valence electrons. The minimum absolute atomic E-state index is 0.303. The summed E-state index contributed by atoms with van der Waals surface area (Å²) in [6.07, 6.45) is 6.48. The van der Waals surface area contributed by atoms with Crippen molar-refractivity contribution in [3.63, 3.8) is 0 Å². The van der Waals surface area contributed by atoms with Crippen molar-refractivity contribution in [1.82, 2.24) is 15.3 Å². The van der Waals surface area contributed by atoms with Crippen LogP contribution in [0.3, 0.4) is 0 Å². The van der Waals surface area contributed by atoms with Gasteiger partial charge in [-0.3, -0.25) is 5.32 Å². The Balaban J connectivity index is 1.54. The maximum atomic E-state index is 12.8. The number of carbonyl (C=O) groups excluding carboxylic acids is 1. The van der Waals surface area contributed by atoms with E-state index in [2.05, 4.69) is 25.5 Å². The van der Waals surface area contributed by atoms with Crippen LogP contribution in [0, 0.1) is 5.82 Å². The van der Waals surface area contributed by atoms with Gasteiger partial charge >= 0.3 is 6.03 Å². The third-order valence-electron chi connectivity index (χ3n) is 3.91. The number of anilines is 2. The van der Waals surface area contributed by atoms with E-state index in [1.807, 2.05) is 12.1 Å². The quantitative estimate of drug-likeness (QED) is 0.905. The molecule has 3 heterocycles. The summed E-state index contributed by atoms with van der Waals surface area (Å²) < 4.78 is 12.8. The zero-order chi connectivity index (χ0) is 16.8. The van der Waals surface area contributed by atoms with E-state index < -0.39 is 5.82 Å².